The summed E-state index contributed by atoms with van der Waals surface area (Å²) in [6, 6.07) is 11.7. The van der Waals surface area contributed by atoms with Gasteiger partial charge in [0.25, 0.3) is 5.91 Å². The first-order valence-corrected chi connectivity index (χ1v) is 10.1. The number of fused-ring (bicyclic) bond motifs is 1. The summed E-state index contributed by atoms with van der Waals surface area (Å²) in [5, 5.41) is 7.09. The van der Waals surface area contributed by atoms with Crippen molar-refractivity contribution in [3.8, 4) is 0 Å². The van der Waals surface area contributed by atoms with E-state index in [9.17, 15) is 14.0 Å². The number of anilines is 2. The van der Waals surface area contributed by atoms with Crippen molar-refractivity contribution in [2.24, 2.45) is 0 Å². The van der Waals surface area contributed by atoms with E-state index in [0.29, 0.717) is 41.1 Å². The molecule has 6 nitrogen and oxygen atoms in total. The lowest BCUT2D eigenvalue weighted by atomic mass is 10.1. The molecule has 4 rings (SSSR count). The van der Waals surface area contributed by atoms with Crippen molar-refractivity contribution in [1.29, 1.82) is 0 Å². The second-order valence-corrected chi connectivity index (χ2v) is 7.75. The summed E-state index contributed by atoms with van der Waals surface area (Å²) in [7, 11) is 0. The van der Waals surface area contributed by atoms with E-state index in [1.54, 1.807) is 24.4 Å². The Hall–Kier alpha value is -3.52. The van der Waals surface area contributed by atoms with E-state index in [0.717, 1.165) is 22.4 Å². The minimum absolute atomic E-state index is 0.273. The van der Waals surface area contributed by atoms with Gasteiger partial charge in [-0.2, -0.15) is 0 Å². The molecule has 2 N–H and O–H groups in total. The van der Waals surface area contributed by atoms with Crippen LogP contribution in [0.4, 0.5) is 15.2 Å². The van der Waals surface area contributed by atoms with Gasteiger partial charge < -0.3 is 14.5 Å². The highest BCUT2D eigenvalue weighted by Crippen LogP contribution is 2.27. The van der Waals surface area contributed by atoms with E-state index in [-0.39, 0.29) is 11.7 Å². The number of nitrogens with zero attached hydrogens (tertiary/aromatic N) is 1. The van der Waals surface area contributed by atoms with E-state index in [1.165, 1.54) is 29.7 Å². The molecular formula is C22H18FN3O3S. The molecule has 2 heterocycles. The molecule has 4 aromatic rings. The average Bonchev–Trinajstić information content (AvgIpc) is 3.36. The summed E-state index contributed by atoms with van der Waals surface area (Å²) in [5.41, 5.74) is 2.76. The van der Waals surface area contributed by atoms with Gasteiger partial charge in [-0.15, -0.1) is 11.3 Å². The summed E-state index contributed by atoms with van der Waals surface area (Å²) in [6.45, 7) is 0.518. The van der Waals surface area contributed by atoms with Crippen molar-refractivity contribution < 1.29 is 18.4 Å². The van der Waals surface area contributed by atoms with Crippen LogP contribution < -0.4 is 10.6 Å². The molecule has 0 aliphatic carbocycles. The third kappa shape index (κ3) is 4.55. The van der Waals surface area contributed by atoms with Crippen LogP contribution in [0, 0.1) is 5.82 Å². The third-order valence-corrected chi connectivity index (χ3v) is 5.39. The fraction of sp³-hybridized carbons (Fsp3) is 0.136. The van der Waals surface area contributed by atoms with Crippen LogP contribution in [0.1, 0.15) is 27.2 Å². The van der Waals surface area contributed by atoms with Crippen LogP contribution in [-0.4, -0.2) is 23.7 Å². The number of carbonyl (C=O) groups excluding carboxylic acids is 2. The van der Waals surface area contributed by atoms with Gasteiger partial charge in [-0.3, -0.25) is 10.1 Å². The lowest BCUT2D eigenvalue weighted by Crippen LogP contribution is -2.11. The molecule has 0 unspecified atom stereocenters. The number of aromatic nitrogens is 1. The summed E-state index contributed by atoms with van der Waals surface area (Å²) in [5.74, 6) is -0.591. The minimum atomic E-state index is -0.318. The van der Waals surface area contributed by atoms with Crippen LogP contribution >= 0.6 is 11.3 Å². The first-order chi connectivity index (χ1) is 14.6. The summed E-state index contributed by atoms with van der Waals surface area (Å²) < 4.78 is 18.5. The standard InChI is InChI=1S/C22H18FN3O3S/c23-15-4-2-14(3-5-15)10-17-12-25-22(30-17)26-21(28)19-13-29-20-7-6-16(11-18(19)20)24-8-1-9-27/h2-7,9,11-13,24H,1,8,10H2,(H,25,26,28). The molecule has 8 heteroatoms. The molecule has 0 saturated heterocycles. The van der Waals surface area contributed by atoms with Gasteiger partial charge in [-0.05, 0) is 35.9 Å². The maximum absolute atomic E-state index is 13.0. The number of halogens is 1. The average molecular weight is 423 g/mol. The monoisotopic (exact) mass is 423 g/mol. The number of furan rings is 1. The van der Waals surface area contributed by atoms with Crippen molar-refractivity contribution >= 4 is 45.3 Å². The quantitative estimate of drug-likeness (QED) is 0.312. The summed E-state index contributed by atoms with van der Waals surface area (Å²) in [4.78, 5) is 28.4. The van der Waals surface area contributed by atoms with E-state index in [4.69, 9.17) is 4.42 Å². The van der Waals surface area contributed by atoms with Crippen LogP contribution in [0.15, 0.2) is 59.3 Å². The van der Waals surface area contributed by atoms with E-state index < -0.39 is 0 Å². The van der Waals surface area contributed by atoms with Gasteiger partial charge in [0.15, 0.2) is 5.13 Å². The number of rotatable bonds is 8. The highest BCUT2D eigenvalue weighted by Gasteiger charge is 2.16. The Bertz CT molecular complexity index is 1180. The Balaban J connectivity index is 1.46. The van der Waals surface area contributed by atoms with Gasteiger partial charge >= 0.3 is 0 Å². The lowest BCUT2D eigenvalue weighted by molar-refractivity contribution is -0.107. The molecule has 0 bridgehead atoms. The second kappa shape index (κ2) is 8.87. The molecule has 2 aromatic carbocycles. The highest BCUT2D eigenvalue weighted by molar-refractivity contribution is 7.15. The smallest absolute Gasteiger partial charge is 0.261 e. The van der Waals surface area contributed by atoms with Crippen molar-refractivity contribution in [3.05, 3.63) is 76.7 Å². The zero-order chi connectivity index (χ0) is 20.9. The Labute approximate surface area is 175 Å². The van der Waals surface area contributed by atoms with Crippen molar-refractivity contribution in [1.82, 2.24) is 4.98 Å². The fourth-order valence-corrected chi connectivity index (χ4v) is 3.85. The molecule has 0 saturated carbocycles. The minimum Gasteiger partial charge on any atom is -0.463 e. The number of amides is 1. The number of thiazole rings is 1. The van der Waals surface area contributed by atoms with Crippen LogP contribution in [0.3, 0.4) is 0 Å². The van der Waals surface area contributed by atoms with Gasteiger partial charge in [0.2, 0.25) is 0 Å². The van der Waals surface area contributed by atoms with E-state index in [2.05, 4.69) is 15.6 Å². The molecule has 30 heavy (non-hydrogen) atoms. The fourth-order valence-electron chi connectivity index (χ4n) is 3.01. The predicted molar refractivity (Wildman–Crippen MR) is 115 cm³/mol. The van der Waals surface area contributed by atoms with E-state index in [1.807, 2.05) is 12.1 Å². The van der Waals surface area contributed by atoms with Crippen molar-refractivity contribution in [2.75, 3.05) is 17.2 Å². The Morgan fingerprint density at radius 1 is 1.20 bits per heavy atom. The third-order valence-electron chi connectivity index (χ3n) is 4.48. The first-order valence-electron chi connectivity index (χ1n) is 9.31. The Kier molecular flexibility index (Phi) is 5.85. The zero-order valence-electron chi connectivity index (χ0n) is 15.9. The van der Waals surface area contributed by atoms with E-state index >= 15 is 0 Å². The van der Waals surface area contributed by atoms with Crippen LogP contribution in [0.5, 0.6) is 0 Å². The van der Waals surface area contributed by atoms with Gasteiger partial charge in [0, 0.05) is 41.5 Å². The molecule has 152 valence electrons. The van der Waals surface area contributed by atoms with Crippen LogP contribution in [0.2, 0.25) is 0 Å². The molecular weight excluding hydrogens is 405 g/mol. The topological polar surface area (TPSA) is 84.2 Å². The number of benzene rings is 2. The molecule has 0 spiro atoms. The molecule has 0 fully saturated rings. The van der Waals surface area contributed by atoms with Crippen molar-refractivity contribution in [2.45, 2.75) is 12.8 Å². The Morgan fingerprint density at radius 2 is 2.03 bits per heavy atom. The molecule has 0 aliphatic rings. The number of nitrogens with one attached hydrogen (secondary N) is 2. The number of hydrogen-bond donors (Lipinski definition) is 2. The van der Waals surface area contributed by atoms with Crippen LogP contribution in [0.25, 0.3) is 11.0 Å². The summed E-state index contributed by atoms with van der Waals surface area (Å²) in [6.07, 6.45) is 4.98. The maximum atomic E-state index is 13.0. The maximum Gasteiger partial charge on any atom is 0.261 e. The number of carbonyl (C=O) groups is 2. The first kappa shape index (κ1) is 19.8. The van der Waals surface area contributed by atoms with Gasteiger partial charge in [0.1, 0.15) is 23.9 Å². The van der Waals surface area contributed by atoms with Crippen molar-refractivity contribution in [3.63, 3.8) is 0 Å². The normalized spacial score (nSPS) is 10.8. The van der Waals surface area contributed by atoms with Gasteiger partial charge in [-0.25, -0.2) is 9.37 Å². The highest BCUT2D eigenvalue weighted by atomic mass is 32.1. The summed E-state index contributed by atoms with van der Waals surface area (Å²) >= 11 is 1.37. The molecule has 0 aliphatic heterocycles. The van der Waals surface area contributed by atoms with Gasteiger partial charge in [-0.1, -0.05) is 12.1 Å². The molecule has 0 radical (unpaired) electrons. The molecule has 1 amide bonds. The van der Waals surface area contributed by atoms with Gasteiger partial charge in [0.05, 0.1) is 5.56 Å². The number of aldehydes is 1. The zero-order valence-corrected chi connectivity index (χ0v) is 16.7. The lowest BCUT2D eigenvalue weighted by Gasteiger charge is -2.04. The number of hydrogen-bond acceptors (Lipinski definition) is 6. The Morgan fingerprint density at radius 3 is 2.83 bits per heavy atom. The molecule has 2 aromatic heterocycles. The second-order valence-electron chi connectivity index (χ2n) is 6.63. The predicted octanol–water partition coefficient (Wildman–Crippen LogP) is 4.87. The SMILES string of the molecule is O=CCCNc1ccc2occ(C(=O)Nc3ncc(Cc4ccc(F)cc4)s3)c2c1. The molecule has 0 atom stereocenters. The largest absolute Gasteiger partial charge is 0.463 e. The van der Waals surface area contributed by atoms with Crippen LogP contribution in [-0.2, 0) is 11.2 Å².